The highest BCUT2D eigenvalue weighted by molar-refractivity contribution is 7.09. The molecule has 3 aromatic rings. The van der Waals surface area contributed by atoms with Gasteiger partial charge in [-0.05, 0) is 23.6 Å². The fourth-order valence-electron chi connectivity index (χ4n) is 2.79. The van der Waals surface area contributed by atoms with Crippen molar-refractivity contribution in [2.75, 3.05) is 10.3 Å². The van der Waals surface area contributed by atoms with E-state index in [9.17, 15) is 9.59 Å². The Hall–Kier alpha value is -3.26. The lowest BCUT2D eigenvalue weighted by molar-refractivity contribution is -0.118. The lowest BCUT2D eigenvalue weighted by Crippen LogP contribution is -2.36. The van der Waals surface area contributed by atoms with Crippen LogP contribution in [0.1, 0.15) is 17.7 Å². The van der Waals surface area contributed by atoms with Gasteiger partial charge in [0.25, 0.3) is 5.91 Å². The molecule has 27 heavy (non-hydrogen) atoms. The van der Waals surface area contributed by atoms with Crippen molar-refractivity contribution in [1.82, 2.24) is 9.78 Å². The number of amides is 2. The number of nitrogens with zero attached hydrogens (tertiary/aromatic N) is 4. The van der Waals surface area contributed by atoms with Crippen LogP contribution >= 0.6 is 11.3 Å². The number of benzene rings is 1. The third-order valence-electron chi connectivity index (χ3n) is 4.14. The minimum absolute atomic E-state index is 0.125. The topological polar surface area (TPSA) is 79.6 Å². The van der Waals surface area contributed by atoms with Crippen LogP contribution in [0, 0.1) is 0 Å². The molecule has 1 aliphatic rings. The zero-order chi connectivity index (χ0) is 18.6. The molecule has 0 aliphatic carbocycles. The van der Waals surface area contributed by atoms with Gasteiger partial charge >= 0.3 is 0 Å². The van der Waals surface area contributed by atoms with Gasteiger partial charge in [0.2, 0.25) is 5.91 Å². The molecule has 0 saturated heterocycles. The summed E-state index contributed by atoms with van der Waals surface area (Å²) in [7, 11) is 0. The number of nitrogens with one attached hydrogen (secondary N) is 1. The maximum Gasteiger partial charge on any atom is 0.273 e. The summed E-state index contributed by atoms with van der Waals surface area (Å²) >= 11 is 1.63. The van der Waals surface area contributed by atoms with Crippen LogP contribution in [0.3, 0.4) is 0 Å². The van der Waals surface area contributed by atoms with Gasteiger partial charge in [-0.25, -0.2) is 9.69 Å². The average Bonchev–Trinajstić information content (AvgIpc) is 3.36. The standard InChI is InChI=1S/C19H17N5O2S/c25-18-9-8-16(22-24(18)14-5-2-1-3-6-14)19(26)21-17-10-11-20-23(17)13-15-7-4-12-27-15/h1-7,10-12H,8-9,13H2,(H,21,26). The molecule has 0 unspecified atom stereocenters. The average molecular weight is 379 g/mol. The Labute approximate surface area is 159 Å². The Morgan fingerprint density at radius 2 is 1.96 bits per heavy atom. The summed E-state index contributed by atoms with van der Waals surface area (Å²) in [6, 6.07) is 14.8. The smallest absolute Gasteiger partial charge is 0.273 e. The van der Waals surface area contributed by atoms with E-state index >= 15 is 0 Å². The third kappa shape index (κ3) is 3.80. The van der Waals surface area contributed by atoms with Crippen LogP contribution in [0.5, 0.6) is 0 Å². The number of carbonyl (C=O) groups excluding carboxylic acids is 2. The highest BCUT2D eigenvalue weighted by Crippen LogP contribution is 2.20. The van der Waals surface area contributed by atoms with Crippen LogP contribution in [-0.4, -0.2) is 27.3 Å². The molecule has 3 heterocycles. The number of rotatable bonds is 5. The first-order valence-electron chi connectivity index (χ1n) is 8.52. The Balaban J connectivity index is 1.52. The van der Waals surface area contributed by atoms with Gasteiger partial charge in [0, 0.05) is 23.8 Å². The molecule has 0 radical (unpaired) electrons. The van der Waals surface area contributed by atoms with E-state index in [4.69, 9.17) is 0 Å². The summed E-state index contributed by atoms with van der Waals surface area (Å²) in [5.41, 5.74) is 0.970. The number of hydrogen-bond donors (Lipinski definition) is 1. The Kier molecular flexibility index (Phi) is 4.80. The van der Waals surface area contributed by atoms with E-state index in [-0.39, 0.29) is 18.2 Å². The fraction of sp³-hybridized carbons (Fsp3) is 0.158. The van der Waals surface area contributed by atoms with Crippen LogP contribution in [0.15, 0.2) is 65.2 Å². The summed E-state index contributed by atoms with van der Waals surface area (Å²) in [6.45, 7) is 0.585. The molecule has 8 heteroatoms. The van der Waals surface area contributed by atoms with Gasteiger partial charge in [-0.15, -0.1) is 11.3 Å². The number of hydrazone groups is 1. The SMILES string of the molecule is O=C(Nc1ccnn1Cc1cccs1)C1=NN(c2ccccc2)C(=O)CC1. The predicted molar refractivity (Wildman–Crippen MR) is 105 cm³/mol. The number of aromatic nitrogens is 2. The molecule has 136 valence electrons. The molecule has 0 atom stereocenters. The van der Waals surface area contributed by atoms with Gasteiger partial charge < -0.3 is 5.32 Å². The van der Waals surface area contributed by atoms with Crippen LogP contribution in [-0.2, 0) is 16.1 Å². The molecule has 1 N–H and O–H groups in total. The van der Waals surface area contributed by atoms with Crippen LogP contribution in [0.2, 0.25) is 0 Å². The van der Waals surface area contributed by atoms with Crippen molar-refractivity contribution in [2.45, 2.75) is 19.4 Å². The maximum atomic E-state index is 12.7. The summed E-state index contributed by atoms with van der Waals surface area (Å²) in [5, 5.41) is 14.7. The van der Waals surface area contributed by atoms with Gasteiger partial charge in [0.05, 0.1) is 18.4 Å². The van der Waals surface area contributed by atoms with Crippen LogP contribution < -0.4 is 10.3 Å². The largest absolute Gasteiger partial charge is 0.306 e. The van der Waals surface area contributed by atoms with E-state index in [0.717, 1.165) is 4.88 Å². The molecule has 0 bridgehead atoms. The fourth-order valence-corrected chi connectivity index (χ4v) is 3.48. The zero-order valence-electron chi connectivity index (χ0n) is 14.4. The monoisotopic (exact) mass is 379 g/mol. The molecular weight excluding hydrogens is 362 g/mol. The van der Waals surface area contributed by atoms with Crippen LogP contribution in [0.25, 0.3) is 0 Å². The molecule has 1 aromatic carbocycles. The van der Waals surface area contributed by atoms with E-state index < -0.39 is 0 Å². The van der Waals surface area contributed by atoms with Crippen molar-refractivity contribution in [3.05, 3.63) is 65.0 Å². The number of hydrogen-bond acceptors (Lipinski definition) is 5. The highest BCUT2D eigenvalue weighted by atomic mass is 32.1. The third-order valence-corrected chi connectivity index (χ3v) is 5.00. The summed E-state index contributed by atoms with van der Waals surface area (Å²) < 4.78 is 1.73. The number of para-hydroxylation sites is 1. The molecule has 2 amide bonds. The Morgan fingerprint density at radius 1 is 1.11 bits per heavy atom. The van der Waals surface area contributed by atoms with E-state index in [2.05, 4.69) is 15.5 Å². The second-order valence-electron chi connectivity index (χ2n) is 6.00. The van der Waals surface area contributed by atoms with Gasteiger partial charge in [-0.2, -0.15) is 10.2 Å². The molecule has 1 aliphatic heterocycles. The van der Waals surface area contributed by atoms with Gasteiger partial charge in [-0.3, -0.25) is 9.59 Å². The van der Waals surface area contributed by atoms with Crippen molar-refractivity contribution in [3.8, 4) is 0 Å². The van der Waals surface area contributed by atoms with Gasteiger partial charge in [0.1, 0.15) is 11.5 Å². The van der Waals surface area contributed by atoms with Gasteiger partial charge in [-0.1, -0.05) is 24.3 Å². The number of thiophene rings is 1. The Morgan fingerprint density at radius 3 is 2.74 bits per heavy atom. The Bertz CT molecular complexity index is 979. The molecule has 2 aromatic heterocycles. The van der Waals surface area contributed by atoms with Crippen molar-refractivity contribution in [2.24, 2.45) is 5.10 Å². The van der Waals surface area contributed by atoms with Crippen molar-refractivity contribution < 1.29 is 9.59 Å². The quantitative estimate of drug-likeness (QED) is 0.740. The summed E-state index contributed by atoms with van der Waals surface area (Å²) in [4.78, 5) is 26.0. The molecule has 0 saturated carbocycles. The van der Waals surface area contributed by atoms with E-state index in [1.165, 1.54) is 5.01 Å². The lowest BCUT2D eigenvalue weighted by Gasteiger charge is -2.23. The zero-order valence-corrected chi connectivity index (χ0v) is 15.2. The number of anilines is 2. The lowest BCUT2D eigenvalue weighted by atomic mass is 10.1. The van der Waals surface area contributed by atoms with E-state index in [0.29, 0.717) is 30.2 Å². The first kappa shape index (κ1) is 17.2. The van der Waals surface area contributed by atoms with E-state index in [1.54, 1.807) is 40.4 Å². The highest BCUT2D eigenvalue weighted by Gasteiger charge is 2.26. The normalized spacial score (nSPS) is 14.1. The molecular formula is C19H17N5O2S. The molecule has 0 fully saturated rings. The minimum atomic E-state index is -0.323. The maximum absolute atomic E-state index is 12.7. The van der Waals surface area contributed by atoms with Crippen molar-refractivity contribution in [1.29, 1.82) is 0 Å². The first-order chi connectivity index (χ1) is 13.2. The van der Waals surface area contributed by atoms with Gasteiger partial charge in [0.15, 0.2) is 0 Å². The minimum Gasteiger partial charge on any atom is -0.306 e. The predicted octanol–water partition coefficient (Wildman–Crippen LogP) is 3.11. The number of carbonyl (C=O) groups is 2. The molecule has 7 nitrogen and oxygen atoms in total. The molecule has 0 spiro atoms. The van der Waals surface area contributed by atoms with Crippen molar-refractivity contribution in [3.63, 3.8) is 0 Å². The summed E-state index contributed by atoms with van der Waals surface area (Å²) in [5.74, 6) is 0.149. The second kappa shape index (κ2) is 7.55. The molecule has 4 rings (SSSR count). The second-order valence-corrected chi connectivity index (χ2v) is 7.03. The first-order valence-corrected chi connectivity index (χ1v) is 9.40. The summed E-state index contributed by atoms with van der Waals surface area (Å²) in [6.07, 6.45) is 2.20. The van der Waals surface area contributed by atoms with E-state index in [1.807, 2.05) is 35.7 Å². The van der Waals surface area contributed by atoms with Crippen molar-refractivity contribution >= 4 is 40.4 Å². The van der Waals surface area contributed by atoms with Crippen LogP contribution in [0.4, 0.5) is 11.5 Å².